The Balaban J connectivity index is 3.31. The molecular formula is C8H15N. The highest BCUT2D eigenvalue weighted by Gasteiger charge is 1.78. The first-order chi connectivity index (χ1) is 4.31. The van der Waals surface area contributed by atoms with Crippen molar-refractivity contribution in [3.63, 3.8) is 0 Å². The third-order valence-electron chi connectivity index (χ3n) is 1.18. The lowest BCUT2D eigenvalue weighted by Crippen LogP contribution is -2.05. The van der Waals surface area contributed by atoms with E-state index in [1.165, 1.54) is 5.57 Å². The van der Waals surface area contributed by atoms with Crippen molar-refractivity contribution in [2.45, 2.75) is 13.3 Å². The topological polar surface area (TPSA) is 12.0 Å². The standard InChI is InChI=1S/C8H15N/c1-4-8(2)6-5-7-9-3/h4,6,9H,1,5,7H2,2-3H3. The van der Waals surface area contributed by atoms with Crippen LogP contribution < -0.4 is 5.32 Å². The van der Waals surface area contributed by atoms with Gasteiger partial charge in [0.05, 0.1) is 0 Å². The molecule has 0 fully saturated rings. The molecule has 1 N–H and O–H groups in total. The molecule has 1 heteroatoms. The van der Waals surface area contributed by atoms with Crippen molar-refractivity contribution in [1.82, 2.24) is 5.32 Å². The number of allylic oxidation sites excluding steroid dienone is 2. The number of nitrogens with one attached hydrogen (secondary N) is 1. The summed E-state index contributed by atoms with van der Waals surface area (Å²) in [6.45, 7) is 6.76. The van der Waals surface area contributed by atoms with Crippen LogP contribution in [0.15, 0.2) is 24.3 Å². The van der Waals surface area contributed by atoms with Crippen LogP contribution in [0.1, 0.15) is 13.3 Å². The van der Waals surface area contributed by atoms with Gasteiger partial charge in [-0.3, -0.25) is 0 Å². The molecule has 0 aromatic rings. The van der Waals surface area contributed by atoms with Gasteiger partial charge in [-0.25, -0.2) is 0 Å². The van der Waals surface area contributed by atoms with Gasteiger partial charge in [-0.1, -0.05) is 24.3 Å². The van der Waals surface area contributed by atoms with Gasteiger partial charge in [-0.2, -0.15) is 0 Å². The van der Waals surface area contributed by atoms with Gasteiger partial charge in [0, 0.05) is 0 Å². The van der Waals surface area contributed by atoms with E-state index in [1.54, 1.807) is 0 Å². The maximum Gasteiger partial charge on any atom is -0.00171 e. The third kappa shape index (κ3) is 5.31. The van der Waals surface area contributed by atoms with E-state index < -0.39 is 0 Å². The molecule has 0 saturated carbocycles. The fourth-order valence-electron chi connectivity index (χ4n) is 0.528. The summed E-state index contributed by atoms with van der Waals surface area (Å²) >= 11 is 0. The van der Waals surface area contributed by atoms with Crippen LogP contribution in [0.4, 0.5) is 0 Å². The van der Waals surface area contributed by atoms with Crippen molar-refractivity contribution in [1.29, 1.82) is 0 Å². The molecule has 52 valence electrons. The van der Waals surface area contributed by atoms with E-state index in [2.05, 4.69) is 24.9 Å². The molecule has 0 radical (unpaired) electrons. The molecule has 0 saturated heterocycles. The van der Waals surface area contributed by atoms with Crippen molar-refractivity contribution < 1.29 is 0 Å². The number of hydrogen-bond donors (Lipinski definition) is 1. The van der Waals surface area contributed by atoms with Gasteiger partial charge in [-0.15, -0.1) is 0 Å². The van der Waals surface area contributed by atoms with E-state index in [0.29, 0.717) is 0 Å². The third-order valence-corrected chi connectivity index (χ3v) is 1.18. The average Bonchev–Trinajstić information content (AvgIpc) is 1.89. The van der Waals surface area contributed by atoms with Crippen LogP contribution in [0.25, 0.3) is 0 Å². The molecule has 0 unspecified atom stereocenters. The number of hydrogen-bond acceptors (Lipinski definition) is 1. The lowest BCUT2D eigenvalue weighted by molar-refractivity contribution is 0.806. The minimum atomic E-state index is 1.05. The van der Waals surface area contributed by atoms with Crippen LogP contribution in [0.2, 0.25) is 0 Å². The molecule has 9 heavy (non-hydrogen) atoms. The highest BCUT2D eigenvalue weighted by molar-refractivity contribution is 5.12. The first-order valence-electron chi connectivity index (χ1n) is 3.25. The zero-order chi connectivity index (χ0) is 7.11. The highest BCUT2D eigenvalue weighted by atomic mass is 14.8. The lowest BCUT2D eigenvalue weighted by Gasteiger charge is -1.92. The van der Waals surface area contributed by atoms with Gasteiger partial charge in [0.25, 0.3) is 0 Å². The van der Waals surface area contributed by atoms with Gasteiger partial charge in [0.2, 0.25) is 0 Å². The Kier molecular flexibility index (Phi) is 5.23. The first kappa shape index (κ1) is 8.44. The van der Waals surface area contributed by atoms with Crippen LogP contribution >= 0.6 is 0 Å². The van der Waals surface area contributed by atoms with Crippen molar-refractivity contribution in [2.24, 2.45) is 0 Å². The smallest absolute Gasteiger partial charge is 0.00171 e. The Labute approximate surface area is 57.5 Å². The molecule has 0 heterocycles. The molecule has 1 nitrogen and oxygen atoms in total. The molecule has 0 aliphatic heterocycles. The van der Waals surface area contributed by atoms with Crippen molar-refractivity contribution in [3.05, 3.63) is 24.3 Å². The minimum Gasteiger partial charge on any atom is -0.319 e. The van der Waals surface area contributed by atoms with E-state index in [4.69, 9.17) is 0 Å². The largest absolute Gasteiger partial charge is 0.319 e. The Morgan fingerprint density at radius 1 is 1.67 bits per heavy atom. The van der Waals surface area contributed by atoms with Crippen LogP contribution in [0.3, 0.4) is 0 Å². The predicted molar refractivity (Wildman–Crippen MR) is 42.5 cm³/mol. The molecule has 0 spiro atoms. The number of rotatable bonds is 4. The van der Waals surface area contributed by atoms with Gasteiger partial charge in [-0.05, 0) is 26.9 Å². The Morgan fingerprint density at radius 2 is 2.33 bits per heavy atom. The second kappa shape index (κ2) is 5.57. The summed E-state index contributed by atoms with van der Waals surface area (Å²) in [4.78, 5) is 0. The second-order valence-electron chi connectivity index (χ2n) is 2.04. The van der Waals surface area contributed by atoms with Gasteiger partial charge in [0.1, 0.15) is 0 Å². The molecule has 0 atom stereocenters. The Hall–Kier alpha value is -0.560. The van der Waals surface area contributed by atoms with Crippen molar-refractivity contribution in [3.8, 4) is 0 Å². The van der Waals surface area contributed by atoms with E-state index in [1.807, 2.05) is 13.1 Å². The van der Waals surface area contributed by atoms with E-state index in [9.17, 15) is 0 Å². The lowest BCUT2D eigenvalue weighted by atomic mass is 10.2. The van der Waals surface area contributed by atoms with E-state index in [-0.39, 0.29) is 0 Å². The van der Waals surface area contributed by atoms with Crippen LogP contribution in [-0.4, -0.2) is 13.6 Å². The van der Waals surface area contributed by atoms with Gasteiger partial charge < -0.3 is 5.32 Å². The summed E-state index contributed by atoms with van der Waals surface area (Å²) < 4.78 is 0. The normalized spacial score (nSPS) is 11.6. The first-order valence-corrected chi connectivity index (χ1v) is 3.25. The molecule has 0 aromatic carbocycles. The van der Waals surface area contributed by atoms with Crippen molar-refractivity contribution in [2.75, 3.05) is 13.6 Å². The molecule has 0 rings (SSSR count). The fraction of sp³-hybridized carbons (Fsp3) is 0.500. The molecule has 0 aliphatic carbocycles. The summed E-state index contributed by atoms with van der Waals surface area (Å²) in [6, 6.07) is 0. The minimum absolute atomic E-state index is 1.05. The summed E-state index contributed by atoms with van der Waals surface area (Å²) in [5.74, 6) is 0. The predicted octanol–water partition coefficient (Wildman–Crippen LogP) is 1.73. The fourth-order valence-corrected chi connectivity index (χ4v) is 0.528. The Bertz CT molecular complexity index is 103. The zero-order valence-corrected chi connectivity index (χ0v) is 6.28. The Morgan fingerprint density at radius 3 is 2.78 bits per heavy atom. The SMILES string of the molecule is C=CC(C)=CCCNC. The summed E-state index contributed by atoms with van der Waals surface area (Å²) in [7, 11) is 1.96. The molecule has 0 amide bonds. The second-order valence-corrected chi connectivity index (χ2v) is 2.04. The maximum atomic E-state index is 3.65. The monoisotopic (exact) mass is 125 g/mol. The zero-order valence-electron chi connectivity index (χ0n) is 6.28. The quantitative estimate of drug-likeness (QED) is 0.445. The highest BCUT2D eigenvalue weighted by Crippen LogP contribution is 1.93. The average molecular weight is 125 g/mol. The van der Waals surface area contributed by atoms with Crippen LogP contribution in [-0.2, 0) is 0 Å². The summed E-state index contributed by atoms with van der Waals surface area (Å²) in [5, 5.41) is 3.07. The summed E-state index contributed by atoms with van der Waals surface area (Å²) in [6.07, 6.45) is 5.13. The summed E-state index contributed by atoms with van der Waals surface area (Å²) in [5.41, 5.74) is 1.25. The van der Waals surface area contributed by atoms with Gasteiger partial charge in [0.15, 0.2) is 0 Å². The molecule has 0 aliphatic rings. The van der Waals surface area contributed by atoms with E-state index in [0.717, 1.165) is 13.0 Å². The molecular weight excluding hydrogens is 110 g/mol. The molecule has 0 bridgehead atoms. The maximum absolute atomic E-state index is 3.65. The molecule has 0 aromatic heterocycles. The van der Waals surface area contributed by atoms with E-state index >= 15 is 0 Å². The van der Waals surface area contributed by atoms with Crippen LogP contribution in [0.5, 0.6) is 0 Å². The van der Waals surface area contributed by atoms with Crippen molar-refractivity contribution >= 4 is 0 Å². The van der Waals surface area contributed by atoms with Gasteiger partial charge >= 0.3 is 0 Å². The van der Waals surface area contributed by atoms with Crippen LogP contribution in [0, 0.1) is 0 Å².